The minimum absolute atomic E-state index is 0.159. The second kappa shape index (κ2) is 7.32. The molecule has 0 bridgehead atoms. The normalized spacial score (nSPS) is 10.6. The summed E-state index contributed by atoms with van der Waals surface area (Å²) < 4.78 is 0. The lowest BCUT2D eigenvalue weighted by atomic mass is 10.1. The first-order chi connectivity index (χ1) is 11.7. The van der Waals surface area contributed by atoms with E-state index in [1.54, 1.807) is 18.3 Å². The largest absolute Gasteiger partial charge is 0.348 e. The number of aryl methyl sites for hydroxylation is 1. The summed E-state index contributed by atoms with van der Waals surface area (Å²) in [5, 5.41) is 10.5. The Morgan fingerprint density at radius 3 is 2.42 bits per heavy atom. The highest BCUT2D eigenvalue weighted by Crippen LogP contribution is 2.23. The Balaban J connectivity index is 1.71. The molecule has 24 heavy (non-hydrogen) atoms. The minimum atomic E-state index is -0.159. The predicted octanol–water partition coefficient (Wildman–Crippen LogP) is 4.22. The highest BCUT2D eigenvalue weighted by Gasteiger charge is 2.15. The molecule has 4 nitrogen and oxygen atoms in total. The molecule has 0 aliphatic heterocycles. The van der Waals surface area contributed by atoms with Crippen molar-refractivity contribution in [1.82, 2.24) is 15.5 Å². The fourth-order valence-corrected chi connectivity index (χ4v) is 2.59. The zero-order valence-corrected chi connectivity index (χ0v) is 14.1. The van der Waals surface area contributed by atoms with E-state index in [9.17, 15) is 4.79 Å². The number of amides is 1. The van der Waals surface area contributed by atoms with E-state index in [-0.39, 0.29) is 5.91 Å². The number of H-pyrrole nitrogens is 1. The standard InChI is InChI=1S/C19H18ClN3O/c1-2-13-3-5-14(6-4-13)11-21-19(24)17-12-22-23-18(17)15-7-9-16(20)10-8-15/h3-10,12H,2,11H2,1H3,(H,21,24)(H,22,23). The van der Waals surface area contributed by atoms with Gasteiger partial charge in [-0.25, -0.2) is 0 Å². The molecule has 0 fully saturated rings. The number of halogens is 1. The summed E-state index contributed by atoms with van der Waals surface area (Å²) in [5.74, 6) is -0.159. The molecule has 0 unspecified atom stereocenters. The first-order valence-electron chi connectivity index (χ1n) is 7.82. The van der Waals surface area contributed by atoms with Crippen LogP contribution in [0.25, 0.3) is 11.3 Å². The van der Waals surface area contributed by atoms with Crippen molar-refractivity contribution in [3.05, 3.63) is 76.4 Å². The van der Waals surface area contributed by atoms with Gasteiger partial charge in [0, 0.05) is 17.1 Å². The van der Waals surface area contributed by atoms with Crippen LogP contribution in [0, 0.1) is 0 Å². The van der Waals surface area contributed by atoms with Crippen molar-refractivity contribution in [2.75, 3.05) is 0 Å². The number of aromatic amines is 1. The fourth-order valence-electron chi connectivity index (χ4n) is 2.47. The summed E-state index contributed by atoms with van der Waals surface area (Å²) >= 11 is 5.91. The zero-order chi connectivity index (χ0) is 16.9. The molecule has 0 atom stereocenters. The average molecular weight is 340 g/mol. The van der Waals surface area contributed by atoms with Gasteiger partial charge in [-0.15, -0.1) is 0 Å². The molecular formula is C19H18ClN3O. The van der Waals surface area contributed by atoms with Gasteiger partial charge in [-0.05, 0) is 29.7 Å². The van der Waals surface area contributed by atoms with Crippen molar-refractivity contribution in [3.63, 3.8) is 0 Å². The highest BCUT2D eigenvalue weighted by molar-refractivity contribution is 6.30. The van der Waals surface area contributed by atoms with Crippen LogP contribution in [-0.2, 0) is 13.0 Å². The van der Waals surface area contributed by atoms with E-state index in [4.69, 9.17) is 11.6 Å². The van der Waals surface area contributed by atoms with Crippen molar-refractivity contribution in [2.45, 2.75) is 19.9 Å². The van der Waals surface area contributed by atoms with Gasteiger partial charge >= 0.3 is 0 Å². The maximum Gasteiger partial charge on any atom is 0.255 e. The molecule has 0 aliphatic carbocycles. The Morgan fingerprint density at radius 1 is 1.08 bits per heavy atom. The molecule has 0 aliphatic rings. The van der Waals surface area contributed by atoms with Gasteiger partial charge in [0.1, 0.15) is 0 Å². The zero-order valence-electron chi connectivity index (χ0n) is 13.3. The Morgan fingerprint density at radius 2 is 1.75 bits per heavy atom. The third-order valence-electron chi connectivity index (χ3n) is 3.90. The van der Waals surface area contributed by atoms with Crippen molar-refractivity contribution >= 4 is 17.5 Å². The number of benzene rings is 2. The third kappa shape index (κ3) is 3.66. The van der Waals surface area contributed by atoms with Crippen LogP contribution in [0.2, 0.25) is 5.02 Å². The summed E-state index contributed by atoms with van der Waals surface area (Å²) in [5.41, 5.74) is 4.42. The Bertz CT molecular complexity index is 823. The lowest BCUT2D eigenvalue weighted by Gasteiger charge is -2.07. The van der Waals surface area contributed by atoms with Crippen molar-refractivity contribution < 1.29 is 4.79 Å². The SMILES string of the molecule is CCc1ccc(CNC(=O)c2cn[nH]c2-c2ccc(Cl)cc2)cc1. The quantitative estimate of drug-likeness (QED) is 0.731. The van der Waals surface area contributed by atoms with Crippen LogP contribution in [-0.4, -0.2) is 16.1 Å². The number of aromatic nitrogens is 2. The molecule has 2 N–H and O–H groups in total. The third-order valence-corrected chi connectivity index (χ3v) is 4.15. The summed E-state index contributed by atoms with van der Waals surface area (Å²) in [6, 6.07) is 15.5. The van der Waals surface area contributed by atoms with Gasteiger partial charge < -0.3 is 5.32 Å². The Kier molecular flexibility index (Phi) is 4.96. The molecule has 3 rings (SSSR count). The Hall–Kier alpha value is -2.59. The molecule has 1 heterocycles. The van der Waals surface area contributed by atoms with Gasteiger partial charge in [-0.1, -0.05) is 54.9 Å². The van der Waals surface area contributed by atoms with E-state index in [0.29, 0.717) is 22.8 Å². The number of hydrogen-bond acceptors (Lipinski definition) is 2. The van der Waals surface area contributed by atoms with Crippen molar-refractivity contribution in [1.29, 1.82) is 0 Å². The molecule has 0 radical (unpaired) electrons. The van der Waals surface area contributed by atoms with Crippen LogP contribution in [0.3, 0.4) is 0 Å². The van der Waals surface area contributed by atoms with E-state index >= 15 is 0 Å². The molecular weight excluding hydrogens is 322 g/mol. The first kappa shape index (κ1) is 16.3. The second-order valence-corrected chi connectivity index (χ2v) is 5.95. The molecule has 0 spiro atoms. The lowest BCUT2D eigenvalue weighted by molar-refractivity contribution is 0.0951. The molecule has 0 saturated heterocycles. The molecule has 122 valence electrons. The number of carbonyl (C=O) groups excluding carboxylic acids is 1. The average Bonchev–Trinajstić information content (AvgIpc) is 3.10. The molecule has 3 aromatic rings. The van der Waals surface area contributed by atoms with Gasteiger partial charge in [-0.2, -0.15) is 5.10 Å². The van der Waals surface area contributed by atoms with Crippen molar-refractivity contribution in [2.24, 2.45) is 0 Å². The predicted molar refractivity (Wildman–Crippen MR) is 96.0 cm³/mol. The van der Waals surface area contributed by atoms with Gasteiger partial charge in [0.2, 0.25) is 0 Å². The molecule has 1 amide bonds. The number of hydrogen-bond donors (Lipinski definition) is 2. The van der Waals surface area contributed by atoms with Crippen LogP contribution >= 0.6 is 11.6 Å². The van der Waals surface area contributed by atoms with Gasteiger partial charge in [0.25, 0.3) is 5.91 Å². The molecule has 2 aromatic carbocycles. The topological polar surface area (TPSA) is 57.8 Å². The van der Waals surface area contributed by atoms with Crippen molar-refractivity contribution in [3.8, 4) is 11.3 Å². The highest BCUT2D eigenvalue weighted by atomic mass is 35.5. The van der Waals surface area contributed by atoms with Crippen LogP contribution in [0.1, 0.15) is 28.4 Å². The monoisotopic (exact) mass is 339 g/mol. The van der Waals surface area contributed by atoms with Crippen LogP contribution in [0.15, 0.2) is 54.7 Å². The van der Waals surface area contributed by atoms with E-state index in [1.807, 2.05) is 24.3 Å². The summed E-state index contributed by atoms with van der Waals surface area (Å²) in [6.07, 6.45) is 2.55. The fraction of sp³-hybridized carbons (Fsp3) is 0.158. The maximum absolute atomic E-state index is 12.5. The maximum atomic E-state index is 12.5. The number of carbonyl (C=O) groups is 1. The molecule has 5 heteroatoms. The number of nitrogens with zero attached hydrogens (tertiary/aromatic N) is 1. The smallest absolute Gasteiger partial charge is 0.255 e. The summed E-state index contributed by atoms with van der Waals surface area (Å²) in [6.45, 7) is 2.60. The second-order valence-electron chi connectivity index (χ2n) is 5.52. The van der Waals surface area contributed by atoms with Crippen LogP contribution in [0.4, 0.5) is 0 Å². The summed E-state index contributed by atoms with van der Waals surface area (Å²) in [7, 11) is 0. The lowest BCUT2D eigenvalue weighted by Crippen LogP contribution is -2.23. The summed E-state index contributed by atoms with van der Waals surface area (Å²) in [4.78, 5) is 12.5. The van der Waals surface area contributed by atoms with Gasteiger partial charge in [0.15, 0.2) is 0 Å². The molecule has 1 aromatic heterocycles. The van der Waals surface area contributed by atoms with Crippen LogP contribution in [0.5, 0.6) is 0 Å². The first-order valence-corrected chi connectivity index (χ1v) is 8.20. The van der Waals surface area contributed by atoms with E-state index in [2.05, 4.69) is 34.6 Å². The van der Waals surface area contributed by atoms with E-state index in [1.165, 1.54) is 5.56 Å². The number of nitrogens with one attached hydrogen (secondary N) is 2. The number of rotatable bonds is 5. The van der Waals surface area contributed by atoms with Gasteiger partial charge in [0.05, 0.1) is 17.5 Å². The molecule has 0 saturated carbocycles. The Labute approximate surface area is 145 Å². The van der Waals surface area contributed by atoms with E-state index < -0.39 is 0 Å². The minimum Gasteiger partial charge on any atom is -0.348 e. The van der Waals surface area contributed by atoms with Gasteiger partial charge in [-0.3, -0.25) is 9.89 Å². The van der Waals surface area contributed by atoms with Crippen LogP contribution < -0.4 is 5.32 Å². The van der Waals surface area contributed by atoms with E-state index in [0.717, 1.165) is 17.5 Å².